The van der Waals surface area contributed by atoms with Crippen LogP contribution in [0.5, 0.6) is 0 Å². The SMILES string of the molecule is Cc1ccc(CN2CCC[C@@]3(CCN(c4cnn(C)c4)C3=O)C2)s1. The summed E-state index contributed by atoms with van der Waals surface area (Å²) in [7, 11) is 1.89. The molecule has 0 N–H and O–H groups in total. The van der Waals surface area contributed by atoms with Crippen LogP contribution in [0.1, 0.15) is 29.0 Å². The van der Waals surface area contributed by atoms with E-state index < -0.39 is 0 Å². The van der Waals surface area contributed by atoms with Gasteiger partial charge in [-0.3, -0.25) is 14.4 Å². The Balaban J connectivity index is 1.49. The minimum absolute atomic E-state index is 0.194. The van der Waals surface area contributed by atoms with Crippen LogP contribution < -0.4 is 4.90 Å². The Morgan fingerprint density at radius 1 is 1.29 bits per heavy atom. The van der Waals surface area contributed by atoms with Crippen molar-refractivity contribution in [3.63, 3.8) is 0 Å². The predicted molar refractivity (Wildman–Crippen MR) is 96.2 cm³/mol. The van der Waals surface area contributed by atoms with Crippen molar-refractivity contribution in [3.8, 4) is 0 Å². The third-order valence-electron chi connectivity index (χ3n) is 5.35. The summed E-state index contributed by atoms with van der Waals surface area (Å²) >= 11 is 1.87. The summed E-state index contributed by atoms with van der Waals surface area (Å²) in [6, 6.07) is 4.41. The van der Waals surface area contributed by atoms with Gasteiger partial charge in [0.1, 0.15) is 0 Å². The van der Waals surface area contributed by atoms with Crippen LogP contribution in [-0.4, -0.2) is 40.2 Å². The maximum atomic E-state index is 13.2. The van der Waals surface area contributed by atoms with Crippen LogP contribution in [0.15, 0.2) is 24.5 Å². The molecule has 0 aromatic carbocycles. The lowest BCUT2D eigenvalue weighted by Gasteiger charge is -2.38. The van der Waals surface area contributed by atoms with E-state index in [4.69, 9.17) is 0 Å². The fourth-order valence-electron chi connectivity index (χ4n) is 4.15. The highest BCUT2D eigenvalue weighted by Gasteiger charge is 2.49. The fraction of sp³-hybridized carbons (Fsp3) is 0.556. The van der Waals surface area contributed by atoms with Crippen LogP contribution in [0, 0.1) is 12.3 Å². The summed E-state index contributed by atoms with van der Waals surface area (Å²) in [5.41, 5.74) is 0.741. The average Bonchev–Trinajstić information content (AvgIpc) is 3.23. The maximum Gasteiger partial charge on any atom is 0.234 e. The molecule has 2 aromatic rings. The quantitative estimate of drug-likeness (QED) is 0.860. The molecule has 4 rings (SSSR count). The summed E-state index contributed by atoms with van der Waals surface area (Å²) < 4.78 is 1.76. The number of carbonyl (C=O) groups is 1. The van der Waals surface area contributed by atoms with Gasteiger partial charge in [0.25, 0.3) is 0 Å². The van der Waals surface area contributed by atoms with E-state index in [1.165, 1.54) is 9.75 Å². The van der Waals surface area contributed by atoms with Crippen molar-refractivity contribution < 1.29 is 4.79 Å². The zero-order valence-corrected chi connectivity index (χ0v) is 15.2. The van der Waals surface area contributed by atoms with E-state index in [0.29, 0.717) is 5.91 Å². The van der Waals surface area contributed by atoms with Crippen molar-refractivity contribution in [1.29, 1.82) is 0 Å². The molecule has 2 aliphatic heterocycles. The lowest BCUT2D eigenvalue weighted by molar-refractivity contribution is -0.128. The summed E-state index contributed by atoms with van der Waals surface area (Å²) in [5.74, 6) is 0.294. The summed E-state index contributed by atoms with van der Waals surface area (Å²) in [5, 5.41) is 4.22. The minimum Gasteiger partial charge on any atom is -0.309 e. The van der Waals surface area contributed by atoms with Gasteiger partial charge in [0, 0.05) is 42.6 Å². The van der Waals surface area contributed by atoms with E-state index in [0.717, 1.165) is 51.1 Å². The van der Waals surface area contributed by atoms with Crippen molar-refractivity contribution in [3.05, 3.63) is 34.3 Å². The standard InChI is InChI=1S/C18H24N4OS/c1-14-4-5-16(24-14)12-21-8-3-6-18(13-21)7-9-22(17(18)23)15-10-19-20(2)11-15/h4-5,10-11H,3,6-9,12-13H2,1-2H3/t18-/m1/s1. The second kappa shape index (κ2) is 6.01. The molecule has 1 spiro atoms. The van der Waals surface area contributed by atoms with E-state index in [1.807, 2.05) is 29.5 Å². The number of aromatic nitrogens is 2. The Morgan fingerprint density at radius 3 is 2.88 bits per heavy atom. The molecular formula is C18H24N4OS. The molecule has 1 atom stereocenters. The molecule has 0 bridgehead atoms. The Hall–Kier alpha value is -1.66. The van der Waals surface area contributed by atoms with Crippen molar-refractivity contribution >= 4 is 22.9 Å². The Bertz CT molecular complexity index is 752. The number of likely N-dealkylation sites (tertiary alicyclic amines) is 1. The van der Waals surface area contributed by atoms with Crippen LogP contribution >= 0.6 is 11.3 Å². The van der Waals surface area contributed by atoms with Crippen molar-refractivity contribution in [2.24, 2.45) is 12.5 Å². The second-order valence-corrected chi connectivity index (χ2v) is 8.56. The highest BCUT2D eigenvalue weighted by Crippen LogP contribution is 2.42. The number of carbonyl (C=O) groups excluding carboxylic acids is 1. The van der Waals surface area contributed by atoms with Crippen LogP contribution in [0.25, 0.3) is 0 Å². The third kappa shape index (κ3) is 2.78. The molecule has 128 valence electrons. The highest BCUT2D eigenvalue weighted by molar-refractivity contribution is 7.11. The second-order valence-electron chi connectivity index (χ2n) is 7.19. The number of anilines is 1. The molecule has 2 aliphatic rings. The first-order valence-electron chi connectivity index (χ1n) is 8.64. The molecule has 4 heterocycles. The number of thiophene rings is 1. The maximum absolute atomic E-state index is 13.2. The number of rotatable bonds is 3. The minimum atomic E-state index is -0.194. The van der Waals surface area contributed by atoms with Gasteiger partial charge < -0.3 is 4.90 Å². The van der Waals surface area contributed by atoms with Gasteiger partial charge in [0.05, 0.1) is 17.3 Å². The Morgan fingerprint density at radius 2 is 2.17 bits per heavy atom. The first-order chi connectivity index (χ1) is 11.6. The van der Waals surface area contributed by atoms with Crippen LogP contribution in [0.4, 0.5) is 5.69 Å². The average molecular weight is 344 g/mol. The van der Waals surface area contributed by atoms with Gasteiger partial charge >= 0.3 is 0 Å². The van der Waals surface area contributed by atoms with E-state index >= 15 is 0 Å². The topological polar surface area (TPSA) is 41.4 Å². The first-order valence-corrected chi connectivity index (χ1v) is 9.46. The molecule has 2 saturated heterocycles. The molecule has 1 amide bonds. The summed E-state index contributed by atoms with van der Waals surface area (Å²) in [6.45, 7) is 5.92. The molecule has 2 aromatic heterocycles. The molecule has 0 saturated carbocycles. The van der Waals surface area contributed by atoms with Gasteiger partial charge in [-0.2, -0.15) is 5.10 Å². The third-order valence-corrected chi connectivity index (χ3v) is 6.33. The Labute approximate surface area is 146 Å². The van der Waals surface area contributed by atoms with Crippen LogP contribution in [0.3, 0.4) is 0 Å². The summed E-state index contributed by atoms with van der Waals surface area (Å²) in [6.07, 6.45) is 6.82. The zero-order chi connectivity index (χ0) is 16.7. The first kappa shape index (κ1) is 15.8. The van der Waals surface area contributed by atoms with Gasteiger partial charge in [-0.1, -0.05) is 0 Å². The molecule has 0 radical (unpaired) electrons. The predicted octanol–water partition coefficient (Wildman–Crippen LogP) is 2.81. The number of piperidine rings is 1. The molecule has 6 heteroatoms. The van der Waals surface area contributed by atoms with Gasteiger partial charge in [-0.15, -0.1) is 11.3 Å². The lowest BCUT2D eigenvalue weighted by Crippen LogP contribution is -2.47. The monoisotopic (exact) mass is 344 g/mol. The van der Waals surface area contributed by atoms with Crippen LogP contribution in [0.2, 0.25) is 0 Å². The van der Waals surface area contributed by atoms with Gasteiger partial charge in [-0.25, -0.2) is 0 Å². The van der Waals surface area contributed by atoms with Crippen molar-refractivity contribution in [2.45, 2.75) is 32.7 Å². The largest absolute Gasteiger partial charge is 0.309 e. The number of hydrogen-bond acceptors (Lipinski definition) is 4. The molecule has 24 heavy (non-hydrogen) atoms. The Kier molecular flexibility index (Phi) is 3.96. The zero-order valence-electron chi connectivity index (χ0n) is 14.4. The normalized spacial score (nSPS) is 25.1. The van der Waals surface area contributed by atoms with Crippen LogP contribution in [-0.2, 0) is 18.4 Å². The fourth-order valence-corrected chi connectivity index (χ4v) is 5.08. The number of hydrogen-bond donors (Lipinski definition) is 0. The van der Waals surface area contributed by atoms with E-state index in [1.54, 1.807) is 10.9 Å². The van der Waals surface area contributed by atoms with E-state index in [-0.39, 0.29) is 5.41 Å². The molecule has 0 aliphatic carbocycles. The number of aryl methyl sites for hydroxylation is 2. The van der Waals surface area contributed by atoms with E-state index in [9.17, 15) is 4.79 Å². The van der Waals surface area contributed by atoms with Gasteiger partial charge in [-0.05, 0) is 44.9 Å². The van der Waals surface area contributed by atoms with Gasteiger partial charge in [0.15, 0.2) is 0 Å². The summed E-state index contributed by atoms with van der Waals surface area (Å²) in [4.78, 5) is 20.3. The highest BCUT2D eigenvalue weighted by atomic mass is 32.1. The molecular weight excluding hydrogens is 320 g/mol. The number of nitrogens with zero attached hydrogens (tertiary/aromatic N) is 4. The van der Waals surface area contributed by atoms with Gasteiger partial charge in [0.2, 0.25) is 5.91 Å². The lowest BCUT2D eigenvalue weighted by atomic mass is 9.78. The van der Waals surface area contributed by atoms with Crippen molar-refractivity contribution in [2.75, 3.05) is 24.5 Å². The molecule has 5 nitrogen and oxygen atoms in total. The smallest absolute Gasteiger partial charge is 0.234 e. The van der Waals surface area contributed by atoms with Crippen molar-refractivity contribution in [1.82, 2.24) is 14.7 Å². The number of amides is 1. The molecule has 2 fully saturated rings. The van der Waals surface area contributed by atoms with E-state index in [2.05, 4.69) is 29.1 Å². The molecule has 0 unspecified atom stereocenters.